The van der Waals surface area contributed by atoms with Gasteiger partial charge in [0.25, 0.3) is 0 Å². The van der Waals surface area contributed by atoms with Gasteiger partial charge in [-0.25, -0.2) is 12.8 Å². The summed E-state index contributed by atoms with van der Waals surface area (Å²) in [6, 6.07) is 3.84. The molecule has 0 saturated heterocycles. The summed E-state index contributed by atoms with van der Waals surface area (Å²) in [6.45, 7) is 4.40. The fraction of sp³-hybridized carbons (Fsp3) is 0.500. The summed E-state index contributed by atoms with van der Waals surface area (Å²) in [7, 11) is -3.62. The molecule has 0 radical (unpaired) electrons. The molecule has 1 rings (SSSR count). The first-order valence-corrected chi connectivity index (χ1v) is 8.32. The fourth-order valence-electron chi connectivity index (χ4n) is 1.69. The number of aryl methyl sites for hydroxylation is 1. The van der Waals surface area contributed by atoms with E-state index < -0.39 is 15.8 Å². The lowest BCUT2D eigenvalue weighted by molar-refractivity contribution is 0.429. The summed E-state index contributed by atoms with van der Waals surface area (Å²) >= 11 is 3.24. The number of sulfonamides is 1. The van der Waals surface area contributed by atoms with Gasteiger partial charge in [-0.2, -0.15) is 4.31 Å². The van der Waals surface area contributed by atoms with Crippen LogP contribution in [0.1, 0.15) is 18.9 Å². The SMILES string of the molecule is CCCN(CCBr)S(=O)(=O)c1cc(F)ccc1C. The van der Waals surface area contributed by atoms with Crippen LogP contribution < -0.4 is 0 Å². The van der Waals surface area contributed by atoms with Crippen LogP contribution in [0.4, 0.5) is 4.39 Å². The van der Waals surface area contributed by atoms with Crippen LogP contribution in [0, 0.1) is 12.7 Å². The topological polar surface area (TPSA) is 37.4 Å². The van der Waals surface area contributed by atoms with Gasteiger partial charge in [0.2, 0.25) is 10.0 Å². The van der Waals surface area contributed by atoms with Gasteiger partial charge < -0.3 is 0 Å². The Labute approximate surface area is 116 Å². The Morgan fingerprint density at radius 2 is 2.00 bits per heavy atom. The van der Waals surface area contributed by atoms with E-state index in [1.54, 1.807) is 6.92 Å². The third-order valence-corrected chi connectivity index (χ3v) is 4.97. The zero-order valence-electron chi connectivity index (χ0n) is 10.5. The fourth-order valence-corrected chi connectivity index (χ4v) is 4.12. The van der Waals surface area contributed by atoms with Crippen LogP contribution in [0.3, 0.4) is 0 Å². The van der Waals surface area contributed by atoms with Gasteiger partial charge >= 0.3 is 0 Å². The molecule has 0 atom stereocenters. The summed E-state index contributed by atoms with van der Waals surface area (Å²) in [6.07, 6.45) is 0.723. The molecule has 0 spiro atoms. The number of hydrogen-bond acceptors (Lipinski definition) is 2. The molecule has 0 amide bonds. The lowest BCUT2D eigenvalue weighted by Gasteiger charge is -2.21. The molecule has 1 aromatic carbocycles. The maximum Gasteiger partial charge on any atom is 0.243 e. The summed E-state index contributed by atoms with van der Waals surface area (Å²) in [4.78, 5) is 0.0527. The monoisotopic (exact) mass is 337 g/mol. The van der Waals surface area contributed by atoms with Gasteiger partial charge in [-0.1, -0.05) is 28.9 Å². The van der Waals surface area contributed by atoms with E-state index in [0.717, 1.165) is 12.5 Å². The maximum atomic E-state index is 13.2. The summed E-state index contributed by atoms with van der Waals surface area (Å²) < 4.78 is 39.4. The average Bonchev–Trinajstić information content (AvgIpc) is 2.32. The Morgan fingerprint density at radius 3 is 2.56 bits per heavy atom. The molecule has 0 heterocycles. The van der Waals surface area contributed by atoms with E-state index in [0.29, 0.717) is 24.0 Å². The first-order valence-electron chi connectivity index (χ1n) is 5.75. The van der Waals surface area contributed by atoms with E-state index in [9.17, 15) is 12.8 Å². The Hall–Kier alpha value is -0.460. The molecular formula is C12H17BrFNO2S. The van der Waals surface area contributed by atoms with E-state index in [4.69, 9.17) is 0 Å². The maximum absolute atomic E-state index is 13.2. The molecule has 18 heavy (non-hydrogen) atoms. The molecule has 0 aliphatic rings. The van der Waals surface area contributed by atoms with Crippen molar-refractivity contribution in [2.75, 3.05) is 18.4 Å². The number of benzene rings is 1. The van der Waals surface area contributed by atoms with Crippen molar-refractivity contribution >= 4 is 26.0 Å². The number of hydrogen-bond donors (Lipinski definition) is 0. The van der Waals surface area contributed by atoms with Crippen molar-refractivity contribution in [3.63, 3.8) is 0 Å². The molecule has 1 aromatic rings. The molecule has 0 fully saturated rings. The van der Waals surface area contributed by atoms with Gasteiger partial charge in [-0.05, 0) is 31.0 Å². The van der Waals surface area contributed by atoms with Crippen LogP contribution in [0.15, 0.2) is 23.1 Å². The molecule has 6 heteroatoms. The second-order valence-electron chi connectivity index (χ2n) is 4.00. The van der Waals surface area contributed by atoms with E-state index in [1.165, 1.54) is 16.4 Å². The number of rotatable bonds is 6. The Morgan fingerprint density at radius 1 is 1.33 bits per heavy atom. The molecule has 0 aliphatic heterocycles. The van der Waals surface area contributed by atoms with Crippen LogP contribution in [0.25, 0.3) is 0 Å². The quantitative estimate of drug-likeness (QED) is 0.748. The standard InChI is InChI=1S/C12H17BrFNO2S/c1-3-7-15(8-6-13)18(16,17)12-9-11(14)5-4-10(12)2/h4-5,9H,3,6-8H2,1-2H3. The molecule has 102 valence electrons. The van der Waals surface area contributed by atoms with E-state index in [-0.39, 0.29) is 4.90 Å². The van der Waals surface area contributed by atoms with Crippen molar-refractivity contribution in [1.82, 2.24) is 4.31 Å². The zero-order chi connectivity index (χ0) is 13.8. The third-order valence-electron chi connectivity index (χ3n) is 2.57. The summed E-state index contributed by atoms with van der Waals surface area (Å²) in [5, 5.41) is 0.556. The Kier molecular flexibility index (Phi) is 5.75. The highest BCUT2D eigenvalue weighted by molar-refractivity contribution is 9.09. The van der Waals surface area contributed by atoms with Gasteiger partial charge in [0.15, 0.2) is 0 Å². The van der Waals surface area contributed by atoms with E-state index in [1.807, 2.05) is 6.92 Å². The van der Waals surface area contributed by atoms with Crippen LogP contribution in [-0.4, -0.2) is 31.1 Å². The van der Waals surface area contributed by atoms with Crippen molar-refractivity contribution in [2.45, 2.75) is 25.2 Å². The van der Waals surface area contributed by atoms with Crippen molar-refractivity contribution < 1.29 is 12.8 Å². The van der Waals surface area contributed by atoms with Gasteiger partial charge in [-0.3, -0.25) is 0 Å². The van der Waals surface area contributed by atoms with E-state index >= 15 is 0 Å². The average molecular weight is 338 g/mol. The summed E-state index contributed by atoms with van der Waals surface area (Å²) in [5.74, 6) is -0.533. The highest BCUT2D eigenvalue weighted by atomic mass is 79.9. The second-order valence-corrected chi connectivity index (χ2v) is 6.70. The molecular weight excluding hydrogens is 321 g/mol. The third kappa shape index (κ3) is 3.52. The highest BCUT2D eigenvalue weighted by Crippen LogP contribution is 2.21. The first kappa shape index (κ1) is 15.6. The lowest BCUT2D eigenvalue weighted by atomic mass is 10.2. The molecule has 0 N–H and O–H groups in total. The molecule has 0 aromatic heterocycles. The highest BCUT2D eigenvalue weighted by Gasteiger charge is 2.25. The lowest BCUT2D eigenvalue weighted by Crippen LogP contribution is -2.33. The number of alkyl halides is 1. The van der Waals surface area contributed by atoms with Crippen LogP contribution >= 0.6 is 15.9 Å². The zero-order valence-corrected chi connectivity index (χ0v) is 12.9. The van der Waals surface area contributed by atoms with Crippen LogP contribution in [0.2, 0.25) is 0 Å². The van der Waals surface area contributed by atoms with Crippen molar-refractivity contribution in [3.05, 3.63) is 29.6 Å². The number of nitrogens with zero attached hydrogens (tertiary/aromatic N) is 1. The molecule has 0 unspecified atom stereocenters. The van der Waals surface area contributed by atoms with Crippen LogP contribution in [0.5, 0.6) is 0 Å². The van der Waals surface area contributed by atoms with Crippen molar-refractivity contribution in [1.29, 1.82) is 0 Å². The van der Waals surface area contributed by atoms with Crippen molar-refractivity contribution in [3.8, 4) is 0 Å². The van der Waals surface area contributed by atoms with Crippen LogP contribution in [-0.2, 0) is 10.0 Å². The smallest absolute Gasteiger partial charge is 0.207 e. The minimum Gasteiger partial charge on any atom is -0.207 e. The minimum atomic E-state index is -3.62. The first-order chi connectivity index (χ1) is 8.43. The van der Waals surface area contributed by atoms with Gasteiger partial charge in [0.1, 0.15) is 5.82 Å². The van der Waals surface area contributed by atoms with Gasteiger partial charge in [-0.15, -0.1) is 0 Å². The van der Waals surface area contributed by atoms with Gasteiger partial charge in [0, 0.05) is 18.4 Å². The second kappa shape index (κ2) is 6.63. The normalized spacial score (nSPS) is 12.1. The predicted molar refractivity (Wildman–Crippen MR) is 74.0 cm³/mol. The molecule has 3 nitrogen and oxygen atoms in total. The molecule has 0 bridgehead atoms. The van der Waals surface area contributed by atoms with Crippen molar-refractivity contribution in [2.24, 2.45) is 0 Å². The Balaban J connectivity index is 3.21. The Bertz CT molecular complexity index is 499. The number of halogens is 2. The summed E-state index contributed by atoms with van der Waals surface area (Å²) in [5.41, 5.74) is 0.562. The molecule has 0 aliphatic carbocycles. The molecule has 0 saturated carbocycles. The minimum absolute atomic E-state index is 0.0527. The predicted octanol–water partition coefficient (Wildman–Crippen LogP) is 2.93. The van der Waals surface area contributed by atoms with Gasteiger partial charge in [0.05, 0.1) is 4.90 Å². The van der Waals surface area contributed by atoms with E-state index in [2.05, 4.69) is 15.9 Å². The largest absolute Gasteiger partial charge is 0.243 e.